The van der Waals surface area contributed by atoms with E-state index in [0.717, 1.165) is 56.8 Å². The highest BCUT2D eigenvalue weighted by Crippen LogP contribution is 2.16. The smallest absolute Gasteiger partial charge is 0.266 e. The number of aromatic nitrogens is 2. The quantitative estimate of drug-likeness (QED) is 0.813. The standard InChI is InChI=1S/C12H22N4O/c1-3-16(4-2)12-14-11(17-15-12)6-5-10-7-8-13-9-10/h10,13H,3-9H2,1-2H3. The highest BCUT2D eigenvalue weighted by Gasteiger charge is 2.16. The lowest BCUT2D eigenvalue weighted by Gasteiger charge is -2.14. The largest absolute Gasteiger partial charge is 0.339 e. The molecule has 1 aromatic heterocycles. The molecule has 0 spiro atoms. The summed E-state index contributed by atoms with van der Waals surface area (Å²) in [6.07, 6.45) is 3.32. The van der Waals surface area contributed by atoms with Gasteiger partial charge in [0.05, 0.1) is 0 Å². The lowest BCUT2D eigenvalue weighted by atomic mass is 10.0. The summed E-state index contributed by atoms with van der Waals surface area (Å²) in [6.45, 7) is 8.33. The molecule has 2 heterocycles. The Morgan fingerprint density at radius 1 is 1.41 bits per heavy atom. The predicted octanol–water partition coefficient (Wildman–Crippen LogP) is 1.46. The fourth-order valence-electron chi connectivity index (χ4n) is 2.27. The number of anilines is 1. The molecule has 2 rings (SSSR count). The summed E-state index contributed by atoms with van der Waals surface area (Å²) in [6, 6.07) is 0. The molecule has 0 saturated carbocycles. The third kappa shape index (κ3) is 3.19. The maximum atomic E-state index is 5.29. The molecule has 1 fully saturated rings. The van der Waals surface area contributed by atoms with E-state index in [2.05, 4.69) is 34.2 Å². The summed E-state index contributed by atoms with van der Waals surface area (Å²) in [4.78, 5) is 6.54. The molecule has 0 aromatic carbocycles. The van der Waals surface area contributed by atoms with Gasteiger partial charge in [-0.2, -0.15) is 4.98 Å². The van der Waals surface area contributed by atoms with Crippen LogP contribution in [-0.2, 0) is 6.42 Å². The van der Waals surface area contributed by atoms with Gasteiger partial charge >= 0.3 is 0 Å². The van der Waals surface area contributed by atoms with E-state index in [4.69, 9.17) is 4.52 Å². The van der Waals surface area contributed by atoms with Gasteiger partial charge in [-0.25, -0.2) is 0 Å². The molecule has 0 radical (unpaired) electrons. The molecular formula is C12H22N4O. The summed E-state index contributed by atoms with van der Waals surface area (Å²) < 4.78 is 5.29. The highest BCUT2D eigenvalue weighted by molar-refractivity contribution is 5.26. The summed E-state index contributed by atoms with van der Waals surface area (Å²) >= 11 is 0. The van der Waals surface area contributed by atoms with Crippen LogP contribution >= 0.6 is 0 Å². The average Bonchev–Trinajstić information content (AvgIpc) is 2.99. The molecule has 1 N–H and O–H groups in total. The van der Waals surface area contributed by atoms with Crippen molar-refractivity contribution in [2.45, 2.75) is 33.1 Å². The van der Waals surface area contributed by atoms with Gasteiger partial charge < -0.3 is 14.7 Å². The first-order valence-electron chi connectivity index (χ1n) is 6.61. The van der Waals surface area contributed by atoms with Crippen LogP contribution in [0.15, 0.2) is 4.52 Å². The van der Waals surface area contributed by atoms with Crippen LogP contribution in [-0.4, -0.2) is 36.3 Å². The van der Waals surface area contributed by atoms with E-state index in [1.165, 1.54) is 6.42 Å². The van der Waals surface area contributed by atoms with Gasteiger partial charge in [0.1, 0.15) is 0 Å². The molecule has 1 atom stereocenters. The minimum absolute atomic E-state index is 0.731. The van der Waals surface area contributed by atoms with Crippen LogP contribution in [0.1, 0.15) is 32.6 Å². The Hall–Kier alpha value is -1.10. The summed E-state index contributed by atoms with van der Waals surface area (Å²) in [7, 11) is 0. The van der Waals surface area contributed by atoms with E-state index < -0.39 is 0 Å². The van der Waals surface area contributed by atoms with E-state index >= 15 is 0 Å². The molecule has 1 saturated heterocycles. The Labute approximate surface area is 103 Å². The van der Waals surface area contributed by atoms with Crippen LogP contribution in [0.2, 0.25) is 0 Å². The number of nitrogens with one attached hydrogen (secondary N) is 1. The normalized spacial score (nSPS) is 19.8. The first kappa shape index (κ1) is 12.4. The minimum atomic E-state index is 0.731. The monoisotopic (exact) mass is 238 g/mol. The Kier molecular flexibility index (Phi) is 4.36. The molecule has 96 valence electrons. The average molecular weight is 238 g/mol. The fraction of sp³-hybridized carbons (Fsp3) is 0.833. The van der Waals surface area contributed by atoms with Gasteiger partial charge in [-0.15, -0.1) is 0 Å². The van der Waals surface area contributed by atoms with Crippen LogP contribution in [0.5, 0.6) is 0 Å². The Morgan fingerprint density at radius 3 is 2.88 bits per heavy atom. The summed E-state index contributed by atoms with van der Waals surface area (Å²) in [5, 5.41) is 7.40. The van der Waals surface area contributed by atoms with Crippen molar-refractivity contribution in [2.75, 3.05) is 31.1 Å². The van der Waals surface area contributed by atoms with Gasteiger partial charge in [0.15, 0.2) is 0 Å². The fourth-order valence-corrected chi connectivity index (χ4v) is 2.27. The molecule has 1 aromatic rings. The van der Waals surface area contributed by atoms with Gasteiger partial charge in [-0.1, -0.05) is 0 Å². The zero-order valence-electron chi connectivity index (χ0n) is 10.8. The molecule has 0 bridgehead atoms. The van der Waals surface area contributed by atoms with Crippen molar-refractivity contribution in [1.82, 2.24) is 15.5 Å². The molecule has 1 aliphatic heterocycles. The lowest BCUT2D eigenvalue weighted by Crippen LogP contribution is -2.23. The number of rotatable bonds is 6. The van der Waals surface area contributed by atoms with Crippen LogP contribution in [0, 0.1) is 5.92 Å². The van der Waals surface area contributed by atoms with Crippen LogP contribution in [0.25, 0.3) is 0 Å². The topological polar surface area (TPSA) is 54.2 Å². The molecule has 17 heavy (non-hydrogen) atoms. The second-order valence-corrected chi connectivity index (χ2v) is 4.56. The maximum absolute atomic E-state index is 5.29. The molecule has 5 nitrogen and oxygen atoms in total. The van der Waals surface area contributed by atoms with Crippen LogP contribution < -0.4 is 10.2 Å². The van der Waals surface area contributed by atoms with Crippen molar-refractivity contribution in [3.63, 3.8) is 0 Å². The van der Waals surface area contributed by atoms with E-state index in [1.807, 2.05) is 0 Å². The van der Waals surface area contributed by atoms with Gasteiger partial charge in [0, 0.05) is 19.5 Å². The zero-order valence-corrected chi connectivity index (χ0v) is 10.8. The van der Waals surface area contributed by atoms with Crippen molar-refractivity contribution >= 4 is 5.95 Å². The molecule has 5 heteroatoms. The molecule has 1 unspecified atom stereocenters. The second-order valence-electron chi connectivity index (χ2n) is 4.56. The molecule has 1 aliphatic rings. The summed E-state index contributed by atoms with van der Waals surface area (Å²) in [5.74, 6) is 2.28. The zero-order chi connectivity index (χ0) is 12.1. The SMILES string of the molecule is CCN(CC)c1noc(CCC2CCNC2)n1. The Bertz CT molecular complexity index is 329. The van der Waals surface area contributed by atoms with Gasteiger partial charge in [0.25, 0.3) is 5.95 Å². The second kappa shape index (κ2) is 6.00. The van der Waals surface area contributed by atoms with Gasteiger partial charge in [-0.3, -0.25) is 0 Å². The number of nitrogens with zero attached hydrogens (tertiary/aromatic N) is 3. The van der Waals surface area contributed by atoms with Crippen molar-refractivity contribution in [3.05, 3.63) is 5.89 Å². The lowest BCUT2D eigenvalue weighted by molar-refractivity contribution is 0.364. The van der Waals surface area contributed by atoms with Gasteiger partial charge in [-0.05, 0) is 50.9 Å². The first-order chi connectivity index (χ1) is 8.33. The number of hydrogen-bond acceptors (Lipinski definition) is 5. The van der Waals surface area contributed by atoms with Crippen LogP contribution in [0.4, 0.5) is 5.95 Å². The third-order valence-electron chi connectivity index (χ3n) is 3.43. The Morgan fingerprint density at radius 2 is 2.24 bits per heavy atom. The maximum Gasteiger partial charge on any atom is 0.266 e. The van der Waals surface area contributed by atoms with Crippen molar-refractivity contribution in [3.8, 4) is 0 Å². The molecule has 0 aliphatic carbocycles. The Balaban J connectivity index is 1.84. The van der Waals surface area contributed by atoms with E-state index in [-0.39, 0.29) is 0 Å². The molecular weight excluding hydrogens is 216 g/mol. The number of hydrogen-bond donors (Lipinski definition) is 1. The van der Waals surface area contributed by atoms with Crippen molar-refractivity contribution < 1.29 is 4.52 Å². The predicted molar refractivity (Wildman–Crippen MR) is 67.2 cm³/mol. The van der Waals surface area contributed by atoms with E-state index in [9.17, 15) is 0 Å². The molecule has 0 amide bonds. The first-order valence-corrected chi connectivity index (χ1v) is 6.61. The third-order valence-corrected chi connectivity index (χ3v) is 3.43. The number of aryl methyl sites for hydroxylation is 1. The van der Waals surface area contributed by atoms with Crippen LogP contribution in [0.3, 0.4) is 0 Å². The minimum Gasteiger partial charge on any atom is -0.339 e. The van der Waals surface area contributed by atoms with Crippen molar-refractivity contribution in [1.29, 1.82) is 0 Å². The van der Waals surface area contributed by atoms with Gasteiger partial charge in [0.2, 0.25) is 5.89 Å². The van der Waals surface area contributed by atoms with E-state index in [1.54, 1.807) is 0 Å². The van der Waals surface area contributed by atoms with E-state index in [0.29, 0.717) is 0 Å². The highest BCUT2D eigenvalue weighted by atomic mass is 16.5. The van der Waals surface area contributed by atoms with Crippen molar-refractivity contribution in [2.24, 2.45) is 5.92 Å². The summed E-state index contributed by atoms with van der Waals surface area (Å²) in [5.41, 5.74) is 0.